The summed E-state index contributed by atoms with van der Waals surface area (Å²) in [5, 5.41) is 8.87. The number of hydrogen-bond donors (Lipinski definition) is 3. The van der Waals surface area contributed by atoms with Crippen molar-refractivity contribution in [1.29, 1.82) is 0 Å². The number of carbonyl (C=O) groups excluding carboxylic acids is 1. The van der Waals surface area contributed by atoms with Gasteiger partial charge in [0.15, 0.2) is 5.96 Å². The van der Waals surface area contributed by atoms with Crippen molar-refractivity contribution in [3.8, 4) is 0 Å². The van der Waals surface area contributed by atoms with Gasteiger partial charge in [-0.05, 0) is 26.3 Å². The van der Waals surface area contributed by atoms with Crippen molar-refractivity contribution < 1.29 is 4.79 Å². The number of aryl methyl sites for hydroxylation is 1. The van der Waals surface area contributed by atoms with E-state index in [1.165, 1.54) is 5.56 Å². The number of nitrogens with one attached hydrogen (secondary N) is 3. The van der Waals surface area contributed by atoms with Gasteiger partial charge in [-0.25, -0.2) is 4.99 Å². The molecule has 5 nitrogen and oxygen atoms in total. The molecule has 110 valence electrons. The lowest BCUT2D eigenvalue weighted by Gasteiger charge is -2.11. The minimum absolute atomic E-state index is 0.0339. The van der Waals surface area contributed by atoms with Crippen molar-refractivity contribution in [2.24, 2.45) is 4.99 Å². The molecule has 0 atom stereocenters. The van der Waals surface area contributed by atoms with Crippen LogP contribution in [0.15, 0.2) is 29.3 Å². The van der Waals surface area contributed by atoms with Gasteiger partial charge < -0.3 is 16.0 Å². The largest absolute Gasteiger partial charge is 0.357 e. The Bertz CT molecular complexity index is 440. The highest BCUT2D eigenvalue weighted by atomic mass is 16.1. The van der Waals surface area contributed by atoms with E-state index >= 15 is 0 Å². The van der Waals surface area contributed by atoms with Gasteiger partial charge >= 0.3 is 0 Å². The van der Waals surface area contributed by atoms with Crippen LogP contribution in [0.25, 0.3) is 0 Å². The van der Waals surface area contributed by atoms with Crippen LogP contribution < -0.4 is 16.0 Å². The van der Waals surface area contributed by atoms with Crippen molar-refractivity contribution in [1.82, 2.24) is 16.0 Å². The van der Waals surface area contributed by atoms with Crippen LogP contribution in [0.4, 0.5) is 0 Å². The van der Waals surface area contributed by atoms with Gasteiger partial charge in [0.1, 0.15) is 0 Å². The van der Waals surface area contributed by atoms with Crippen LogP contribution in [0, 0.1) is 6.92 Å². The van der Waals surface area contributed by atoms with E-state index in [1.807, 2.05) is 13.8 Å². The van der Waals surface area contributed by atoms with Gasteiger partial charge in [0.05, 0.1) is 13.1 Å². The molecule has 1 aromatic carbocycles. The molecular weight excluding hydrogens is 252 g/mol. The molecule has 1 aromatic rings. The molecule has 0 radical (unpaired) electrons. The number of guanidine groups is 1. The van der Waals surface area contributed by atoms with E-state index in [2.05, 4.69) is 52.1 Å². The average Bonchev–Trinajstić information content (AvgIpc) is 2.44. The van der Waals surface area contributed by atoms with Crippen LogP contribution in [0.1, 0.15) is 25.0 Å². The topological polar surface area (TPSA) is 65.5 Å². The van der Waals surface area contributed by atoms with Gasteiger partial charge in [-0.1, -0.05) is 29.8 Å². The highest BCUT2D eigenvalue weighted by Crippen LogP contribution is 2.04. The fourth-order valence-corrected chi connectivity index (χ4v) is 1.63. The first-order valence-corrected chi connectivity index (χ1v) is 7.00. The predicted molar refractivity (Wildman–Crippen MR) is 82.7 cm³/mol. The molecule has 0 saturated heterocycles. The molecule has 0 aromatic heterocycles. The summed E-state index contributed by atoms with van der Waals surface area (Å²) in [6.45, 7) is 8.17. The number of hydrogen-bond acceptors (Lipinski definition) is 2. The Kier molecular flexibility index (Phi) is 7.17. The third-order valence-corrected chi connectivity index (χ3v) is 2.67. The summed E-state index contributed by atoms with van der Waals surface area (Å²) in [7, 11) is 0. The molecule has 0 aliphatic carbocycles. The fraction of sp³-hybridized carbons (Fsp3) is 0.467. The zero-order valence-electron chi connectivity index (χ0n) is 12.5. The Morgan fingerprint density at radius 3 is 2.30 bits per heavy atom. The van der Waals surface area contributed by atoms with Gasteiger partial charge in [0.2, 0.25) is 5.91 Å². The van der Waals surface area contributed by atoms with Crippen LogP contribution in [-0.4, -0.2) is 31.5 Å². The first kappa shape index (κ1) is 16.0. The first-order chi connectivity index (χ1) is 9.65. The predicted octanol–water partition coefficient (Wildman–Crippen LogP) is 1.19. The maximum atomic E-state index is 11.4. The Morgan fingerprint density at radius 2 is 1.70 bits per heavy atom. The summed E-state index contributed by atoms with van der Waals surface area (Å²) in [4.78, 5) is 15.9. The van der Waals surface area contributed by atoms with Crippen LogP contribution in [0.3, 0.4) is 0 Å². The minimum atomic E-state index is -0.0339. The molecule has 0 saturated carbocycles. The molecule has 0 heterocycles. The summed E-state index contributed by atoms with van der Waals surface area (Å²) < 4.78 is 0. The Morgan fingerprint density at radius 1 is 1.05 bits per heavy atom. The minimum Gasteiger partial charge on any atom is -0.357 e. The molecule has 0 aliphatic heterocycles. The molecule has 3 N–H and O–H groups in total. The fourth-order valence-electron chi connectivity index (χ4n) is 1.63. The Balaban J connectivity index is 2.53. The van der Waals surface area contributed by atoms with Crippen molar-refractivity contribution in [2.45, 2.75) is 27.3 Å². The summed E-state index contributed by atoms with van der Waals surface area (Å²) in [6.07, 6.45) is 0. The summed E-state index contributed by atoms with van der Waals surface area (Å²) >= 11 is 0. The normalized spacial score (nSPS) is 11.1. The van der Waals surface area contributed by atoms with Gasteiger partial charge in [0, 0.05) is 13.1 Å². The molecular formula is C15H24N4O. The van der Waals surface area contributed by atoms with E-state index in [1.54, 1.807) is 0 Å². The van der Waals surface area contributed by atoms with Gasteiger partial charge in [-0.3, -0.25) is 4.79 Å². The van der Waals surface area contributed by atoms with E-state index < -0.39 is 0 Å². The average molecular weight is 276 g/mol. The molecule has 5 heteroatoms. The van der Waals surface area contributed by atoms with Crippen molar-refractivity contribution in [3.05, 3.63) is 35.4 Å². The molecule has 1 rings (SSSR count). The molecule has 20 heavy (non-hydrogen) atoms. The van der Waals surface area contributed by atoms with Crippen molar-refractivity contribution in [3.63, 3.8) is 0 Å². The van der Waals surface area contributed by atoms with E-state index in [4.69, 9.17) is 0 Å². The van der Waals surface area contributed by atoms with Gasteiger partial charge in [0.25, 0.3) is 0 Å². The number of likely N-dealkylation sites (N-methyl/N-ethyl adjacent to an activating group) is 1. The summed E-state index contributed by atoms with van der Waals surface area (Å²) in [5.74, 6) is 0.618. The number of aliphatic imine (C=N–C) groups is 1. The zero-order chi connectivity index (χ0) is 14.8. The second-order valence-corrected chi connectivity index (χ2v) is 4.49. The van der Waals surface area contributed by atoms with Crippen molar-refractivity contribution >= 4 is 11.9 Å². The highest BCUT2D eigenvalue weighted by Gasteiger charge is 2.02. The maximum Gasteiger partial charge on any atom is 0.239 e. The SMILES string of the molecule is CCNC(=O)CNC(=NCc1ccc(C)cc1)NCC. The van der Waals surface area contributed by atoms with E-state index in [-0.39, 0.29) is 12.5 Å². The van der Waals surface area contributed by atoms with Crippen molar-refractivity contribution in [2.75, 3.05) is 19.6 Å². The monoisotopic (exact) mass is 276 g/mol. The molecule has 0 fully saturated rings. The van der Waals surface area contributed by atoms with Crippen LogP contribution in [0.5, 0.6) is 0 Å². The molecule has 1 amide bonds. The Hall–Kier alpha value is -2.04. The molecule has 0 spiro atoms. The molecule has 0 bridgehead atoms. The van der Waals surface area contributed by atoms with E-state index in [0.29, 0.717) is 19.0 Å². The van der Waals surface area contributed by atoms with Crippen LogP contribution in [-0.2, 0) is 11.3 Å². The summed E-state index contributed by atoms with van der Waals surface area (Å²) in [5.41, 5.74) is 2.38. The lowest BCUT2D eigenvalue weighted by Crippen LogP contribution is -2.43. The number of carbonyl (C=O) groups is 1. The Labute approximate surface area is 120 Å². The molecule has 0 unspecified atom stereocenters. The second-order valence-electron chi connectivity index (χ2n) is 4.49. The van der Waals surface area contributed by atoms with Crippen LogP contribution >= 0.6 is 0 Å². The highest BCUT2D eigenvalue weighted by molar-refractivity contribution is 5.86. The quantitative estimate of drug-likeness (QED) is 0.540. The van der Waals surface area contributed by atoms with Crippen LogP contribution in [0.2, 0.25) is 0 Å². The lowest BCUT2D eigenvalue weighted by atomic mass is 10.1. The van der Waals surface area contributed by atoms with E-state index in [0.717, 1.165) is 12.1 Å². The number of rotatable bonds is 6. The van der Waals surface area contributed by atoms with E-state index in [9.17, 15) is 4.79 Å². The second kappa shape index (κ2) is 8.96. The standard InChI is InChI=1S/C15H24N4O/c1-4-16-14(20)11-19-15(17-5-2)18-10-13-8-6-12(3)7-9-13/h6-9H,4-5,10-11H2,1-3H3,(H,16,20)(H2,17,18,19). The van der Waals surface area contributed by atoms with Gasteiger partial charge in [-0.15, -0.1) is 0 Å². The maximum absolute atomic E-state index is 11.4. The van der Waals surface area contributed by atoms with Gasteiger partial charge in [-0.2, -0.15) is 0 Å². The lowest BCUT2D eigenvalue weighted by molar-refractivity contribution is -0.119. The molecule has 0 aliphatic rings. The number of nitrogens with zero attached hydrogens (tertiary/aromatic N) is 1. The first-order valence-electron chi connectivity index (χ1n) is 7.00. The third kappa shape index (κ3) is 6.22. The number of benzene rings is 1. The smallest absolute Gasteiger partial charge is 0.239 e. The third-order valence-electron chi connectivity index (χ3n) is 2.67. The number of amides is 1. The zero-order valence-corrected chi connectivity index (χ0v) is 12.5. The summed E-state index contributed by atoms with van der Waals surface area (Å²) in [6, 6.07) is 8.26.